The molecule has 0 spiro atoms. The van der Waals surface area contributed by atoms with Crippen molar-refractivity contribution in [1.82, 2.24) is 9.55 Å². The highest BCUT2D eigenvalue weighted by atomic mass is 32.2. The average molecular weight is 436 g/mol. The van der Waals surface area contributed by atoms with Gasteiger partial charge in [-0.15, -0.1) is 0 Å². The van der Waals surface area contributed by atoms with Crippen LogP contribution in [-0.2, 0) is 16.1 Å². The molecule has 7 heteroatoms. The third kappa shape index (κ3) is 5.42. The van der Waals surface area contributed by atoms with E-state index < -0.39 is 0 Å². The lowest BCUT2D eigenvalue weighted by Gasteiger charge is -2.16. The molecule has 1 aliphatic rings. The Morgan fingerprint density at radius 3 is 2.77 bits per heavy atom. The molecule has 1 fully saturated rings. The molecule has 31 heavy (non-hydrogen) atoms. The zero-order chi connectivity index (χ0) is 21.6. The Hall–Kier alpha value is -2.90. The molecule has 1 aromatic heterocycles. The summed E-state index contributed by atoms with van der Waals surface area (Å²) in [6.45, 7) is 3.02. The number of nitrogens with zero attached hydrogens (tertiary/aromatic N) is 2. The molecule has 6 nitrogen and oxygen atoms in total. The normalized spacial score (nSPS) is 15.7. The summed E-state index contributed by atoms with van der Waals surface area (Å²) in [4.78, 5) is 28.7. The van der Waals surface area contributed by atoms with Crippen LogP contribution in [0.25, 0.3) is 11.3 Å². The lowest BCUT2D eigenvalue weighted by molar-refractivity contribution is -0.113. The smallest absolute Gasteiger partial charge is 0.234 e. The maximum absolute atomic E-state index is 12.5. The van der Waals surface area contributed by atoms with Crippen molar-refractivity contribution < 1.29 is 14.3 Å². The molecule has 4 rings (SSSR count). The van der Waals surface area contributed by atoms with Crippen molar-refractivity contribution in [3.05, 3.63) is 66.4 Å². The van der Waals surface area contributed by atoms with Crippen LogP contribution in [0, 0.1) is 0 Å². The molecule has 1 unspecified atom stereocenters. The molecule has 0 bridgehead atoms. The van der Waals surface area contributed by atoms with Gasteiger partial charge in [0.15, 0.2) is 10.9 Å². The number of anilines is 1. The molecule has 1 atom stereocenters. The number of thioether (sulfide) groups is 1. The first-order chi connectivity index (χ1) is 15.1. The van der Waals surface area contributed by atoms with E-state index in [1.807, 2.05) is 24.4 Å². The second kappa shape index (κ2) is 9.94. The number of hydrogen-bond acceptors (Lipinski definition) is 5. The van der Waals surface area contributed by atoms with Crippen LogP contribution in [0.15, 0.2) is 66.0 Å². The highest BCUT2D eigenvalue weighted by molar-refractivity contribution is 7.99. The summed E-state index contributed by atoms with van der Waals surface area (Å²) in [5, 5.41) is 3.66. The van der Waals surface area contributed by atoms with Crippen molar-refractivity contribution in [2.45, 2.75) is 37.6 Å². The molecule has 0 radical (unpaired) electrons. The minimum Gasteiger partial charge on any atom is -0.376 e. The fourth-order valence-electron chi connectivity index (χ4n) is 3.62. The topological polar surface area (TPSA) is 73.2 Å². The largest absolute Gasteiger partial charge is 0.376 e. The lowest BCUT2D eigenvalue weighted by atomic mass is 10.1. The van der Waals surface area contributed by atoms with Gasteiger partial charge in [-0.3, -0.25) is 9.59 Å². The van der Waals surface area contributed by atoms with E-state index in [1.54, 1.807) is 24.3 Å². The van der Waals surface area contributed by atoms with Crippen LogP contribution in [-0.4, -0.2) is 39.7 Å². The molecular weight excluding hydrogens is 410 g/mol. The fourth-order valence-corrected chi connectivity index (χ4v) is 4.41. The van der Waals surface area contributed by atoms with Gasteiger partial charge in [-0.2, -0.15) is 0 Å². The highest BCUT2D eigenvalue weighted by Crippen LogP contribution is 2.28. The van der Waals surface area contributed by atoms with Crippen LogP contribution < -0.4 is 5.32 Å². The Balaban J connectivity index is 1.47. The summed E-state index contributed by atoms with van der Waals surface area (Å²) in [6, 6.07) is 17.1. The summed E-state index contributed by atoms with van der Waals surface area (Å²) >= 11 is 1.40. The second-order valence-corrected chi connectivity index (χ2v) is 8.45. The molecule has 3 aromatic rings. The number of nitrogens with one attached hydrogen (secondary N) is 1. The maximum Gasteiger partial charge on any atom is 0.234 e. The molecular formula is C24H25N3O3S. The number of imidazole rings is 1. The second-order valence-electron chi connectivity index (χ2n) is 7.51. The monoisotopic (exact) mass is 435 g/mol. The number of ether oxygens (including phenoxy) is 1. The van der Waals surface area contributed by atoms with E-state index in [1.165, 1.54) is 18.7 Å². The third-order valence-electron chi connectivity index (χ3n) is 5.18. The number of amides is 1. The van der Waals surface area contributed by atoms with Gasteiger partial charge in [-0.25, -0.2) is 4.98 Å². The molecule has 0 saturated carbocycles. The molecule has 2 heterocycles. The van der Waals surface area contributed by atoms with Gasteiger partial charge in [0.05, 0.1) is 30.3 Å². The average Bonchev–Trinajstić information content (AvgIpc) is 3.43. The molecule has 160 valence electrons. The van der Waals surface area contributed by atoms with Crippen LogP contribution in [0.5, 0.6) is 0 Å². The zero-order valence-corrected chi connectivity index (χ0v) is 18.2. The van der Waals surface area contributed by atoms with Gasteiger partial charge in [0, 0.05) is 17.9 Å². The van der Waals surface area contributed by atoms with Crippen LogP contribution >= 0.6 is 11.8 Å². The van der Waals surface area contributed by atoms with E-state index in [0.29, 0.717) is 11.3 Å². The molecule has 0 aliphatic carbocycles. The van der Waals surface area contributed by atoms with Crippen LogP contribution in [0.3, 0.4) is 0 Å². The number of carbonyl (C=O) groups is 2. The standard InChI is InChI=1S/C24H25N3O3S/c1-17(28)19-9-5-10-20(13-19)26-23(29)16-31-24-25-14-22(18-7-3-2-4-8-18)27(24)15-21-11-6-12-30-21/h2-5,7-10,13-14,21H,6,11-12,15-16H2,1H3,(H,26,29). The first-order valence-corrected chi connectivity index (χ1v) is 11.3. The first kappa shape index (κ1) is 21.3. The Bertz CT molecular complexity index is 1060. The number of rotatable bonds is 8. The van der Waals surface area contributed by atoms with Crippen LogP contribution in [0.2, 0.25) is 0 Å². The van der Waals surface area contributed by atoms with Gasteiger partial charge in [-0.05, 0) is 37.5 Å². The van der Waals surface area contributed by atoms with E-state index in [-0.39, 0.29) is 23.5 Å². The predicted molar refractivity (Wildman–Crippen MR) is 122 cm³/mol. The minimum atomic E-state index is -0.140. The quantitative estimate of drug-likeness (QED) is 0.411. The van der Waals surface area contributed by atoms with Crippen molar-refractivity contribution >= 4 is 29.1 Å². The Labute approximate surface area is 186 Å². The van der Waals surface area contributed by atoms with Crippen LogP contribution in [0.4, 0.5) is 5.69 Å². The van der Waals surface area contributed by atoms with Crippen molar-refractivity contribution in [2.24, 2.45) is 0 Å². The molecule has 2 aromatic carbocycles. The van der Waals surface area contributed by atoms with E-state index in [0.717, 1.165) is 42.4 Å². The van der Waals surface area contributed by atoms with Gasteiger partial charge >= 0.3 is 0 Å². The van der Waals surface area contributed by atoms with Crippen LogP contribution in [0.1, 0.15) is 30.1 Å². The zero-order valence-electron chi connectivity index (χ0n) is 17.4. The van der Waals surface area contributed by atoms with Crippen molar-refractivity contribution in [3.63, 3.8) is 0 Å². The van der Waals surface area contributed by atoms with Gasteiger partial charge in [-0.1, -0.05) is 54.2 Å². The van der Waals surface area contributed by atoms with E-state index in [4.69, 9.17) is 4.74 Å². The predicted octanol–water partition coefficient (Wildman–Crippen LogP) is 4.66. The number of Topliss-reactive ketones (excluding diaryl/α,β-unsaturated/α-hetero) is 1. The van der Waals surface area contributed by atoms with Crippen molar-refractivity contribution in [1.29, 1.82) is 0 Å². The van der Waals surface area contributed by atoms with Gasteiger partial charge in [0.2, 0.25) is 5.91 Å². The van der Waals surface area contributed by atoms with E-state index in [9.17, 15) is 9.59 Å². The Kier molecular flexibility index (Phi) is 6.84. The minimum absolute atomic E-state index is 0.0323. The van der Waals surface area contributed by atoms with Gasteiger partial charge in [0.25, 0.3) is 0 Å². The fraction of sp³-hybridized carbons (Fsp3) is 0.292. The first-order valence-electron chi connectivity index (χ1n) is 10.4. The number of benzene rings is 2. The maximum atomic E-state index is 12.5. The lowest BCUT2D eigenvalue weighted by Crippen LogP contribution is -2.18. The van der Waals surface area contributed by atoms with E-state index >= 15 is 0 Å². The number of carbonyl (C=O) groups excluding carboxylic acids is 2. The summed E-state index contributed by atoms with van der Waals surface area (Å²) in [7, 11) is 0. The molecule has 1 aliphatic heterocycles. The van der Waals surface area contributed by atoms with Gasteiger partial charge in [0.1, 0.15) is 0 Å². The Morgan fingerprint density at radius 1 is 1.19 bits per heavy atom. The number of hydrogen-bond donors (Lipinski definition) is 1. The molecule has 1 amide bonds. The number of ketones is 1. The summed E-state index contributed by atoms with van der Waals surface area (Å²) in [6.07, 6.45) is 4.13. The highest BCUT2D eigenvalue weighted by Gasteiger charge is 2.21. The Morgan fingerprint density at radius 2 is 2.03 bits per heavy atom. The summed E-state index contributed by atoms with van der Waals surface area (Å²) in [5.41, 5.74) is 3.30. The van der Waals surface area contributed by atoms with Crippen molar-refractivity contribution in [3.8, 4) is 11.3 Å². The van der Waals surface area contributed by atoms with Crippen molar-refractivity contribution in [2.75, 3.05) is 17.7 Å². The third-order valence-corrected chi connectivity index (χ3v) is 6.17. The molecule has 1 saturated heterocycles. The SMILES string of the molecule is CC(=O)c1cccc(NC(=O)CSc2ncc(-c3ccccc3)n2CC2CCCO2)c1. The summed E-state index contributed by atoms with van der Waals surface area (Å²) < 4.78 is 7.99. The van der Waals surface area contributed by atoms with Gasteiger partial charge < -0.3 is 14.6 Å². The van der Waals surface area contributed by atoms with E-state index in [2.05, 4.69) is 27.0 Å². The summed E-state index contributed by atoms with van der Waals surface area (Å²) in [5.74, 6) is 0.0508. The number of aromatic nitrogens is 2. The molecule has 1 N–H and O–H groups in total.